The van der Waals surface area contributed by atoms with E-state index in [0.717, 1.165) is 0 Å². The molecule has 0 saturated carbocycles. The Kier molecular flexibility index (Phi) is 19.6. The fourth-order valence-corrected chi connectivity index (χ4v) is 7.82. The first-order valence-corrected chi connectivity index (χ1v) is 20.0. The summed E-state index contributed by atoms with van der Waals surface area (Å²) in [6.07, 6.45) is -4.24. The van der Waals surface area contributed by atoms with Crippen LogP contribution >= 0.6 is 0 Å². The Morgan fingerprint density at radius 2 is 1.60 bits per heavy atom. The number of aliphatic hydroxyl groups excluding tert-OH is 2. The second-order valence-electron chi connectivity index (χ2n) is 17.4. The van der Waals surface area contributed by atoms with Crippen molar-refractivity contribution in [1.29, 1.82) is 0 Å². The summed E-state index contributed by atoms with van der Waals surface area (Å²) in [5.41, 5.74) is -2.01. The predicted molar refractivity (Wildman–Crippen MR) is 204 cm³/mol. The van der Waals surface area contributed by atoms with Crippen LogP contribution in [0.15, 0.2) is 0 Å². The van der Waals surface area contributed by atoms with E-state index in [0.29, 0.717) is 51.6 Å². The summed E-state index contributed by atoms with van der Waals surface area (Å²) >= 11 is 0. The molecule has 3 heterocycles. The van der Waals surface area contributed by atoms with Gasteiger partial charge < -0.3 is 58.3 Å². The van der Waals surface area contributed by atoms with Gasteiger partial charge in [-0.15, -0.1) is 0 Å². The van der Waals surface area contributed by atoms with E-state index in [4.69, 9.17) is 33.2 Å². The molecule has 0 radical (unpaired) electrons. The molecular weight excluding hydrogens is 684 g/mol. The van der Waals surface area contributed by atoms with Crippen LogP contribution in [0, 0.1) is 17.8 Å². The molecule has 0 aliphatic carbocycles. The highest BCUT2D eigenvalue weighted by molar-refractivity contribution is 5.73. The lowest BCUT2D eigenvalue weighted by Crippen LogP contribution is -2.59. The van der Waals surface area contributed by atoms with Gasteiger partial charge in [0.05, 0.1) is 53.7 Å². The highest BCUT2D eigenvalue weighted by atomic mass is 16.7. The van der Waals surface area contributed by atoms with Gasteiger partial charge in [0.15, 0.2) is 12.6 Å². The third kappa shape index (κ3) is 14.5. The molecule has 314 valence electrons. The average molecular weight is 763 g/mol. The maximum Gasteiger partial charge on any atom is 0.311 e. The first-order chi connectivity index (χ1) is 24.5. The normalized spacial score (nSPS) is 43.0. The van der Waals surface area contributed by atoms with E-state index < -0.39 is 78.2 Å². The molecule has 3 saturated heterocycles. The van der Waals surface area contributed by atoms with Crippen molar-refractivity contribution in [3.05, 3.63) is 0 Å². The highest BCUT2D eigenvalue weighted by Gasteiger charge is 2.50. The lowest BCUT2D eigenvalue weighted by Gasteiger charge is -2.48. The molecule has 0 aromatic carbocycles. The number of esters is 1. The van der Waals surface area contributed by atoms with Crippen molar-refractivity contribution in [2.24, 2.45) is 17.8 Å². The van der Waals surface area contributed by atoms with Crippen LogP contribution in [0.3, 0.4) is 0 Å². The zero-order chi connectivity index (χ0) is 40.4. The number of aliphatic hydroxyl groups is 3. The van der Waals surface area contributed by atoms with Gasteiger partial charge in [-0.1, -0.05) is 20.8 Å². The number of rotatable bonds is 8. The molecule has 3 N–H and O–H groups in total. The molecule has 3 aliphatic heterocycles. The largest absolute Gasteiger partial charge is 0.459 e. The van der Waals surface area contributed by atoms with Gasteiger partial charge in [-0.2, -0.15) is 0 Å². The molecule has 13 nitrogen and oxygen atoms in total. The first-order valence-electron chi connectivity index (χ1n) is 20.0. The van der Waals surface area contributed by atoms with Gasteiger partial charge in [-0.3, -0.25) is 4.79 Å². The summed E-state index contributed by atoms with van der Waals surface area (Å²) in [4.78, 5) is 18.2. The van der Waals surface area contributed by atoms with E-state index in [1.807, 2.05) is 81.6 Å². The van der Waals surface area contributed by atoms with Crippen molar-refractivity contribution in [2.45, 2.75) is 186 Å². The number of hydrogen-bond donors (Lipinski definition) is 3. The number of ether oxygens (including phenoxy) is 7. The molecule has 0 amide bonds. The van der Waals surface area contributed by atoms with Gasteiger partial charge in [0.25, 0.3) is 0 Å². The summed E-state index contributed by atoms with van der Waals surface area (Å²) in [7, 11) is 9.63. The zero-order valence-corrected chi connectivity index (χ0v) is 35.7. The van der Waals surface area contributed by atoms with E-state index >= 15 is 0 Å². The molecule has 15 atom stereocenters. The van der Waals surface area contributed by atoms with Gasteiger partial charge >= 0.3 is 5.97 Å². The molecule has 0 bridgehead atoms. The standard InChI is InChI=1S/C37H69NO11.C3H9N/c1-13-29-36(9,42)16-17-38(11)20-22(4)18-28(40)32(49-35-27(39)15-14-23(5)45-35)24(6)31(25(7)34(41)47-29)48-30-19-37(10,43-12)33(26(8)46-30)44-21(2)3;1-4(2)3/h21-33,35,39-40,42H,13-20H2,1-12H3;1-3H3. The van der Waals surface area contributed by atoms with E-state index in [-0.39, 0.29) is 24.2 Å². The number of nitrogens with zero attached hydrogens (tertiary/aromatic N) is 2. The van der Waals surface area contributed by atoms with Crippen molar-refractivity contribution >= 4 is 5.97 Å². The van der Waals surface area contributed by atoms with Crippen LogP contribution in [0.5, 0.6) is 0 Å². The Morgan fingerprint density at radius 1 is 0.981 bits per heavy atom. The summed E-state index contributed by atoms with van der Waals surface area (Å²) in [6, 6.07) is 0. The molecule has 3 rings (SSSR count). The van der Waals surface area contributed by atoms with Gasteiger partial charge in [-0.25, -0.2) is 0 Å². The average Bonchev–Trinajstić information content (AvgIpc) is 3.05. The molecule has 53 heavy (non-hydrogen) atoms. The minimum atomic E-state index is -1.26. The Balaban J connectivity index is 0.00000231. The third-order valence-corrected chi connectivity index (χ3v) is 10.9. The Labute approximate surface area is 321 Å². The minimum absolute atomic E-state index is 0.0491. The summed E-state index contributed by atoms with van der Waals surface area (Å²) in [6.45, 7) is 20.3. The van der Waals surface area contributed by atoms with Crippen LogP contribution in [0.25, 0.3) is 0 Å². The van der Waals surface area contributed by atoms with Crippen LogP contribution < -0.4 is 0 Å². The molecule has 0 aromatic heterocycles. The maximum absolute atomic E-state index is 14.0. The van der Waals surface area contributed by atoms with Gasteiger partial charge in [-0.05, 0) is 115 Å². The van der Waals surface area contributed by atoms with Crippen molar-refractivity contribution in [1.82, 2.24) is 9.80 Å². The predicted octanol–water partition coefficient (Wildman–Crippen LogP) is 4.22. The van der Waals surface area contributed by atoms with Crippen LogP contribution in [0.4, 0.5) is 0 Å². The minimum Gasteiger partial charge on any atom is -0.459 e. The monoisotopic (exact) mass is 763 g/mol. The van der Waals surface area contributed by atoms with E-state index in [1.54, 1.807) is 21.0 Å². The van der Waals surface area contributed by atoms with Crippen molar-refractivity contribution in [3.8, 4) is 0 Å². The summed E-state index contributed by atoms with van der Waals surface area (Å²) in [5.74, 6) is -1.92. The van der Waals surface area contributed by atoms with Crippen molar-refractivity contribution in [3.63, 3.8) is 0 Å². The number of cyclic esters (lactones) is 1. The highest BCUT2D eigenvalue weighted by Crippen LogP contribution is 2.39. The number of methoxy groups -OCH3 is 1. The van der Waals surface area contributed by atoms with E-state index in [9.17, 15) is 20.1 Å². The number of carbonyl (C=O) groups is 1. The smallest absolute Gasteiger partial charge is 0.311 e. The van der Waals surface area contributed by atoms with Gasteiger partial charge in [0.2, 0.25) is 0 Å². The van der Waals surface area contributed by atoms with Crippen molar-refractivity contribution in [2.75, 3.05) is 48.4 Å². The van der Waals surface area contributed by atoms with Crippen LogP contribution in [0.1, 0.15) is 108 Å². The summed E-state index contributed by atoms with van der Waals surface area (Å²) in [5, 5.41) is 34.3. The third-order valence-electron chi connectivity index (χ3n) is 10.9. The second kappa shape index (κ2) is 21.5. The lowest BCUT2D eigenvalue weighted by atomic mass is 9.83. The van der Waals surface area contributed by atoms with E-state index in [2.05, 4.69) is 11.8 Å². The summed E-state index contributed by atoms with van der Waals surface area (Å²) < 4.78 is 44.1. The first kappa shape index (κ1) is 48.2. The van der Waals surface area contributed by atoms with Crippen LogP contribution in [-0.2, 0) is 38.0 Å². The molecule has 3 fully saturated rings. The van der Waals surface area contributed by atoms with E-state index in [1.165, 1.54) is 0 Å². The van der Waals surface area contributed by atoms with Gasteiger partial charge in [0, 0.05) is 32.5 Å². The Bertz CT molecular complexity index is 1060. The molecule has 15 unspecified atom stereocenters. The molecule has 0 aromatic rings. The fourth-order valence-electron chi connectivity index (χ4n) is 7.82. The van der Waals surface area contributed by atoms with Crippen molar-refractivity contribution < 1.29 is 53.3 Å². The second-order valence-corrected chi connectivity index (χ2v) is 17.4. The lowest BCUT2D eigenvalue weighted by molar-refractivity contribution is -0.316. The SMILES string of the molecule is CCC1OC(=O)C(C)C(OC2CC(C)(OC)C(OC(C)C)C(C)O2)C(C)C(OC2OC(C)CCC2O)C(O)CC(C)CN(C)CCC1(C)O.CN(C)C. The van der Waals surface area contributed by atoms with Crippen LogP contribution in [-0.4, -0.2) is 158 Å². The number of hydrogen-bond acceptors (Lipinski definition) is 13. The Morgan fingerprint density at radius 3 is 2.17 bits per heavy atom. The quantitative estimate of drug-likeness (QED) is 0.304. The molecule has 13 heteroatoms. The zero-order valence-electron chi connectivity index (χ0n) is 35.7. The maximum atomic E-state index is 14.0. The number of carbonyl (C=O) groups excluding carboxylic acids is 1. The fraction of sp³-hybridized carbons (Fsp3) is 0.975. The molecular formula is C40H78N2O11. The van der Waals surface area contributed by atoms with Gasteiger partial charge in [0.1, 0.15) is 18.3 Å². The molecule has 0 spiro atoms. The van der Waals surface area contributed by atoms with Crippen LogP contribution in [0.2, 0.25) is 0 Å². The topological polar surface area (TPSA) is 149 Å². The Hall–Kier alpha value is -0.970. The molecule has 3 aliphatic rings.